The average Bonchev–Trinajstić information content (AvgIpc) is 2.95. The van der Waals surface area contributed by atoms with Gasteiger partial charge in [-0.2, -0.15) is 16.9 Å². The zero-order chi connectivity index (χ0) is 17.7. The Morgan fingerprint density at radius 1 is 1.46 bits per heavy atom. The van der Waals surface area contributed by atoms with Gasteiger partial charge < -0.3 is 4.90 Å². The summed E-state index contributed by atoms with van der Waals surface area (Å²) < 4.78 is 1.65. The fraction of sp³-hybridized carbons (Fsp3) is 0.471. The minimum absolute atomic E-state index is 0.0678. The third-order valence-electron chi connectivity index (χ3n) is 3.89. The second-order valence-electron chi connectivity index (χ2n) is 5.82. The number of nitrogens with zero attached hydrogens (tertiary/aromatic N) is 4. The Morgan fingerprint density at radius 3 is 2.75 bits per heavy atom. The summed E-state index contributed by atoms with van der Waals surface area (Å²) in [5, 5.41) is 4.92. The Hall–Kier alpha value is -1.53. The van der Waals surface area contributed by atoms with E-state index in [-0.39, 0.29) is 5.91 Å². The van der Waals surface area contributed by atoms with Crippen LogP contribution in [0.15, 0.2) is 30.7 Å². The molecule has 0 spiro atoms. The van der Waals surface area contributed by atoms with Crippen molar-refractivity contribution in [1.29, 1.82) is 0 Å². The van der Waals surface area contributed by atoms with Crippen LogP contribution in [0.1, 0.15) is 27.2 Å². The van der Waals surface area contributed by atoms with E-state index in [2.05, 4.69) is 23.9 Å². The number of pyridine rings is 1. The molecule has 0 N–H and O–H groups in total. The standard InChI is InChI=1S/C17H23ClN4OS/c1-5-21(16(23)9-15(24-4)12(2)3)14-11-22(20-17(14)18)13-7-6-8-19-10-13/h6-8,10-12,15H,5,9H2,1-4H3. The van der Waals surface area contributed by atoms with Crippen LogP contribution in [0.5, 0.6) is 0 Å². The van der Waals surface area contributed by atoms with E-state index >= 15 is 0 Å². The number of halogens is 1. The van der Waals surface area contributed by atoms with Crippen LogP contribution in [-0.2, 0) is 4.79 Å². The topological polar surface area (TPSA) is 51.0 Å². The van der Waals surface area contributed by atoms with Crippen molar-refractivity contribution >= 4 is 35.0 Å². The smallest absolute Gasteiger partial charge is 0.228 e. The number of thioether (sulfide) groups is 1. The van der Waals surface area contributed by atoms with Crippen LogP contribution in [0, 0.1) is 5.92 Å². The van der Waals surface area contributed by atoms with E-state index in [4.69, 9.17) is 11.6 Å². The molecule has 0 aliphatic carbocycles. The summed E-state index contributed by atoms with van der Waals surface area (Å²) in [6.07, 6.45) is 7.71. The van der Waals surface area contributed by atoms with Crippen molar-refractivity contribution in [2.75, 3.05) is 17.7 Å². The molecule has 2 heterocycles. The molecule has 24 heavy (non-hydrogen) atoms. The summed E-state index contributed by atoms with van der Waals surface area (Å²) in [5.41, 5.74) is 1.44. The highest BCUT2D eigenvalue weighted by Crippen LogP contribution is 2.28. The van der Waals surface area contributed by atoms with E-state index < -0.39 is 0 Å². The summed E-state index contributed by atoms with van der Waals surface area (Å²) in [6, 6.07) is 3.72. The van der Waals surface area contributed by atoms with Gasteiger partial charge in [0, 0.05) is 24.4 Å². The molecule has 0 bridgehead atoms. The highest BCUT2D eigenvalue weighted by Gasteiger charge is 2.24. The Bertz CT molecular complexity index is 674. The van der Waals surface area contributed by atoms with Gasteiger partial charge in [0.2, 0.25) is 5.91 Å². The second kappa shape index (κ2) is 8.53. The normalized spacial score (nSPS) is 12.4. The molecule has 2 aromatic rings. The van der Waals surface area contributed by atoms with Crippen molar-refractivity contribution in [2.45, 2.75) is 32.4 Å². The van der Waals surface area contributed by atoms with Crippen molar-refractivity contribution in [1.82, 2.24) is 14.8 Å². The fourth-order valence-corrected chi connectivity index (χ4v) is 3.59. The number of aromatic nitrogens is 3. The van der Waals surface area contributed by atoms with E-state index in [0.717, 1.165) is 5.69 Å². The molecule has 1 amide bonds. The minimum atomic E-state index is 0.0678. The minimum Gasteiger partial charge on any atom is -0.308 e. The molecule has 1 atom stereocenters. The van der Waals surface area contributed by atoms with Gasteiger partial charge in [-0.15, -0.1) is 0 Å². The first kappa shape index (κ1) is 18.8. The van der Waals surface area contributed by atoms with Gasteiger partial charge in [0.1, 0.15) is 5.69 Å². The third-order valence-corrected chi connectivity index (χ3v) is 5.48. The molecule has 0 aromatic carbocycles. The first-order chi connectivity index (χ1) is 11.5. The van der Waals surface area contributed by atoms with E-state index in [1.165, 1.54) is 0 Å². The van der Waals surface area contributed by atoms with E-state index in [9.17, 15) is 4.79 Å². The number of amides is 1. The number of hydrogen-bond donors (Lipinski definition) is 0. The Kier molecular flexibility index (Phi) is 6.69. The molecule has 0 aliphatic rings. The SMILES string of the molecule is CCN(C(=O)CC(SC)C(C)C)c1cn(-c2cccnc2)nc1Cl. The largest absolute Gasteiger partial charge is 0.308 e. The summed E-state index contributed by atoms with van der Waals surface area (Å²) in [4.78, 5) is 18.5. The van der Waals surface area contributed by atoms with Crippen molar-refractivity contribution in [3.63, 3.8) is 0 Å². The van der Waals surface area contributed by atoms with Crippen molar-refractivity contribution in [2.24, 2.45) is 5.92 Å². The molecular formula is C17H23ClN4OS. The van der Waals surface area contributed by atoms with Crippen LogP contribution >= 0.6 is 23.4 Å². The lowest BCUT2D eigenvalue weighted by Crippen LogP contribution is -2.33. The van der Waals surface area contributed by atoms with Gasteiger partial charge in [-0.3, -0.25) is 9.78 Å². The number of carbonyl (C=O) groups excluding carboxylic acids is 1. The quantitative estimate of drug-likeness (QED) is 0.741. The zero-order valence-electron chi connectivity index (χ0n) is 14.4. The highest BCUT2D eigenvalue weighted by atomic mass is 35.5. The van der Waals surface area contributed by atoms with Gasteiger partial charge in [-0.1, -0.05) is 25.4 Å². The van der Waals surface area contributed by atoms with Gasteiger partial charge in [-0.05, 0) is 31.2 Å². The molecule has 0 aliphatic heterocycles. The Balaban J connectivity index is 2.24. The van der Waals surface area contributed by atoms with Gasteiger partial charge in [0.15, 0.2) is 5.15 Å². The summed E-state index contributed by atoms with van der Waals surface area (Å²) >= 11 is 8.02. The molecule has 1 unspecified atom stereocenters. The predicted octanol–water partition coefficient (Wildman–Crippen LogP) is 4.05. The monoisotopic (exact) mass is 366 g/mol. The molecule has 2 rings (SSSR count). The van der Waals surface area contributed by atoms with Crippen molar-refractivity contribution in [3.05, 3.63) is 35.9 Å². The van der Waals surface area contributed by atoms with Crippen LogP contribution in [0.25, 0.3) is 5.69 Å². The maximum atomic E-state index is 12.8. The molecule has 2 aromatic heterocycles. The third kappa shape index (κ3) is 4.30. The lowest BCUT2D eigenvalue weighted by molar-refractivity contribution is -0.118. The average molecular weight is 367 g/mol. The van der Waals surface area contributed by atoms with E-state index in [1.54, 1.807) is 39.9 Å². The van der Waals surface area contributed by atoms with Gasteiger partial charge in [0.25, 0.3) is 0 Å². The molecule has 5 nitrogen and oxygen atoms in total. The van der Waals surface area contributed by atoms with Gasteiger partial charge >= 0.3 is 0 Å². The molecule has 0 radical (unpaired) electrons. The van der Waals surface area contributed by atoms with E-state index in [0.29, 0.717) is 35.0 Å². The molecular weight excluding hydrogens is 344 g/mol. The summed E-state index contributed by atoms with van der Waals surface area (Å²) in [6.45, 7) is 6.77. The summed E-state index contributed by atoms with van der Waals surface area (Å²) in [5.74, 6) is 0.509. The lowest BCUT2D eigenvalue weighted by atomic mass is 10.1. The van der Waals surface area contributed by atoms with Crippen LogP contribution in [0.4, 0.5) is 5.69 Å². The fourth-order valence-electron chi connectivity index (χ4n) is 2.50. The summed E-state index contributed by atoms with van der Waals surface area (Å²) in [7, 11) is 0. The molecule has 7 heteroatoms. The first-order valence-corrected chi connectivity index (χ1v) is 9.63. The van der Waals surface area contributed by atoms with Crippen molar-refractivity contribution in [3.8, 4) is 5.69 Å². The number of carbonyl (C=O) groups is 1. The van der Waals surface area contributed by atoms with Crippen LogP contribution in [0.2, 0.25) is 5.15 Å². The van der Waals surface area contributed by atoms with Gasteiger partial charge in [-0.25, -0.2) is 4.68 Å². The number of anilines is 1. The highest BCUT2D eigenvalue weighted by molar-refractivity contribution is 7.99. The van der Waals surface area contributed by atoms with Crippen LogP contribution in [-0.4, -0.2) is 38.7 Å². The maximum Gasteiger partial charge on any atom is 0.228 e. The predicted molar refractivity (Wildman–Crippen MR) is 101 cm³/mol. The maximum absolute atomic E-state index is 12.8. The Labute approximate surface area is 152 Å². The zero-order valence-corrected chi connectivity index (χ0v) is 16.0. The van der Waals surface area contributed by atoms with Crippen molar-refractivity contribution < 1.29 is 4.79 Å². The number of hydrogen-bond acceptors (Lipinski definition) is 4. The molecule has 0 saturated heterocycles. The first-order valence-electron chi connectivity index (χ1n) is 7.96. The molecule has 0 fully saturated rings. The Morgan fingerprint density at radius 2 is 2.21 bits per heavy atom. The molecule has 130 valence electrons. The van der Waals surface area contributed by atoms with Gasteiger partial charge in [0.05, 0.1) is 18.1 Å². The van der Waals surface area contributed by atoms with E-state index in [1.807, 2.05) is 25.3 Å². The van der Waals surface area contributed by atoms with Crippen LogP contribution < -0.4 is 4.90 Å². The van der Waals surface area contributed by atoms with Crippen LogP contribution in [0.3, 0.4) is 0 Å². The lowest BCUT2D eigenvalue weighted by Gasteiger charge is -2.24. The second-order valence-corrected chi connectivity index (χ2v) is 7.26. The molecule has 0 saturated carbocycles. The number of rotatable bonds is 7.